The lowest BCUT2D eigenvalue weighted by Crippen LogP contribution is -2.10. The van der Waals surface area contributed by atoms with Crippen molar-refractivity contribution in [2.24, 2.45) is 0 Å². The van der Waals surface area contributed by atoms with Crippen LogP contribution in [0.3, 0.4) is 0 Å². The van der Waals surface area contributed by atoms with Crippen LogP contribution < -0.4 is 4.74 Å². The lowest BCUT2D eigenvalue weighted by molar-refractivity contribution is 0.0682. The zero-order chi connectivity index (χ0) is 13.1. The standard InChI is InChI=1S/C12H7BrO4S/c13-7-3-4-9(8(6-7)11(14)15)17-12(16)10-2-1-5-18-10/h1-6H,(H,14,15). The van der Waals surface area contributed by atoms with Gasteiger partial charge in [-0.25, -0.2) is 9.59 Å². The Morgan fingerprint density at radius 2 is 2.06 bits per heavy atom. The molecular formula is C12H7BrO4S. The largest absolute Gasteiger partial charge is 0.478 e. The SMILES string of the molecule is O=C(Oc1ccc(Br)cc1C(=O)O)c1cccs1. The summed E-state index contributed by atoms with van der Waals surface area (Å²) in [4.78, 5) is 23.2. The Kier molecular flexibility index (Phi) is 3.78. The van der Waals surface area contributed by atoms with Crippen molar-refractivity contribution in [3.05, 3.63) is 50.6 Å². The molecule has 0 atom stereocenters. The number of carbonyl (C=O) groups is 2. The smallest absolute Gasteiger partial charge is 0.353 e. The van der Waals surface area contributed by atoms with E-state index in [9.17, 15) is 9.59 Å². The topological polar surface area (TPSA) is 63.6 Å². The van der Waals surface area contributed by atoms with Crippen molar-refractivity contribution in [2.45, 2.75) is 0 Å². The van der Waals surface area contributed by atoms with Crippen LogP contribution in [0.5, 0.6) is 5.75 Å². The maximum atomic E-state index is 11.7. The van der Waals surface area contributed by atoms with Crippen molar-refractivity contribution in [1.82, 2.24) is 0 Å². The minimum Gasteiger partial charge on any atom is -0.478 e. The van der Waals surface area contributed by atoms with E-state index in [0.29, 0.717) is 9.35 Å². The van der Waals surface area contributed by atoms with Gasteiger partial charge in [-0.05, 0) is 29.6 Å². The number of aromatic carboxylic acids is 1. The van der Waals surface area contributed by atoms with Crippen LogP contribution in [0.1, 0.15) is 20.0 Å². The van der Waals surface area contributed by atoms with Crippen LogP contribution in [-0.2, 0) is 0 Å². The third-order valence-corrected chi connectivity index (χ3v) is 3.44. The molecule has 0 unspecified atom stereocenters. The van der Waals surface area contributed by atoms with Gasteiger partial charge in [-0.15, -0.1) is 11.3 Å². The minimum atomic E-state index is -1.15. The molecular weight excluding hydrogens is 320 g/mol. The van der Waals surface area contributed by atoms with Gasteiger partial charge in [0.25, 0.3) is 0 Å². The summed E-state index contributed by atoms with van der Waals surface area (Å²) in [5, 5.41) is 10.8. The van der Waals surface area contributed by atoms with E-state index in [1.807, 2.05) is 0 Å². The first kappa shape index (κ1) is 12.8. The second-order valence-electron chi connectivity index (χ2n) is 3.31. The molecule has 0 saturated heterocycles. The number of carboxylic acid groups (broad SMARTS) is 1. The first-order valence-electron chi connectivity index (χ1n) is 4.86. The first-order chi connectivity index (χ1) is 8.58. The Morgan fingerprint density at radius 3 is 2.67 bits per heavy atom. The predicted octanol–water partition coefficient (Wildman–Crippen LogP) is 3.43. The molecule has 0 radical (unpaired) electrons. The van der Waals surface area contributed by atoms with Gasteiger partial charge in [0.05, 0.1) is 0 Å². The van der Waals surface area contributed by atoms with Crippen molar-refractivity contribution in [1.29, 1.82) is 0 Å². The molecule has 0 bridgehead atoms. The third-order valence-electron chi connectivity index (χ3n) is 2.10. The predicted molar refractivity (Wildman–Crippen MR) is 70.4 cm³/mol. The highest BCUT2D eigenvalue weighted by atomic mass is 79.9. The summed E-state index contributed by atoms with van der Waals surface area (Å²) in [5.41, 5.74) is -0.0609. The highest BCUT2D eigenvalue weighted by Crippen LogP contribution is 2.24. The summed E-state index contributed by atoms with van der Waals surface area (Å²) in [6.07, 6.45) is 0. The molecule has 2 aromatic rings. The number of rotatable bonds is 3. The number of halogens is 1. The van der Waals surface area contributed by atoms with E-state index in [-0.39, 0.29) is 11.3 Å². The molecule has 0 spiro atoms. The van der Waals surface area contributed by atoms with Gasteiger partial charge in [0.2, 0.25) is 0 Å². The molecule has 4 nitrogen and oxygen atoms in total. The highest BCUT2D eigenvalue weighted by Gasteiger charge is 2.16. The zero-order valence-corrected chi connectivity index (χ0v) is 11.3. The van der Waals surface area contributed by atoms with Crippen molar-refractivity contribution in [3.8, 4) is 5.75 Å². The monoisotopic (exact) mass is 326 g/mol. The molecule has 0 saturated carbocycles. The van der Waals surface area contributed by atoms with Crippen LogP contribution in [0, 0.1) is 0 Å². The van der Waals surface area contributed by atoms with Crippen molar-refractivity contribution in [3.63, 3.8) is 0 Å². The number of carboxylic acids is 1. The van der Waals surface area contributed by atoms with Crippen LogP contribution in [0.2, 0.25) is 0 Å². The summed E-state index contributed by atoms with van der Waals surface area (Å²) in [6.45, 7) is 0. The van der Waals surface area contributed by atoms with Crippen molar-refractivity contribution >= 4 is 39.2 Å². The fraction of sp³-hybridized carbons (Fsp3) is 0. The number of benzene rings is 1. The zero-order valence-electron chi connectivity index (χ0n) is 8.92. The number of hydrogen-bond donors (Lipinski definition) is 1. The molecule has 0 aliphatic heterocycles. The second-order valence-corrected chi connectivity index (χ2v) is 5.18. The van der Waals surface area contributed by atoms with E-state index in [4.69, 9.17) is 9.84 Å². The highest BCUT2D eigenvalue weighted by molar-refractivity contribution is 9.10. The molecule has 1 heterocycles. The Morgan fingerprint density at radius 1 is 1.28 bits per heavy atom. The number of thiophene rings is 1. The van der Waals surface area contributed by atoms with Gasteiger partial charge >= 0.3 is 11.9 Å². The molecule has 1 aromatic carbocycles. The van der Waals surface area contributed by atoms with E-state index in [2.05, 4.69) is 15.9 Å². The summed E-state index contributed by atoms with van der Waals surface area (Å²) in [5.74, 6) is -1.68. The van der Waals surface area contributed by atoms with Crippen LogP contribution in [0.25, 0.3) is 0 Å². The lowest BCUT2D eigenvalue weighted by atomic mass is 10.2. The second kappa shape index (κ2) is 5.32. The van der Waals surface area contributed by atoms with Crippen molar-refractivity contribution < 1.29 is 19.4 Å². The number of esters is 1. The molecule has 0 fully saturated rings. The Labute approximate surface area is 115 Å². The quantitative estimate of drug-likeness (QED) is 0.693. The molecule has 1 aromatic heterocycles. The minimum absolute atomic E-state index is 0.0316. The van der Waals surface area contributed by atoms with Gasteiger partial charge in [0.1, 0.15) is 16.2 Å². The van der Waals surface area contributed by atoms with Crippen LogP contribution in [0.15, 0.2) is 40.2 Å². The Balaban J connectivity index is 2.29. The average molecular weight is 327 g/mol. The Hall–Kier alpha value is -1.66. The average Bonchev–Trinajstić information content (AvgIpc) is 2.84. The summed E-state index contributed by atoms with van der Waals surface area (Å²) in [7, 11) is 0. The van der Waals surface area contributed by atoms with Gasteiger partial charge in [-0.3, -0.25) is 0 Å². The Bertz CT molecular complexity index is 592. The summed E-state index contributed by atoms with van der Waals surface area (Å²) >= 11 is 4.40. The van der Waals surface area contributed by atoms with Gasteiger partial charge in [-0.2, -0.15) is 0 Å². The summed E-state index contributed by atoms with van der Waals surface area (Å²) in [6, 6.07) is 7.79. The van der Waals surface area contributed by atoms with Crippen molar-refractivity contribution in [2.75, 3.05) is 0 Å². The van der Waals surface area contributed by atoms with Gasteiger partial charge in [0, 0.05) is 4.47 Å². The van der Waals surface area contributed by atoms with Crippen LogP contribution >= 0.6 is 27.3 Å². The summed E-state index contributed by atoms with van der Waals surface area (Å²) < 4.78 is 5.68. The lowest BCUT2D eigenvalue weighted by Gasteiger charge is -2.06. The van der Waals surface area contributed by atoms with E-state index in [1.54, 1.807) is 23.6 Å². The molecule has 18 heavy (non-hydrogen) atoms. The van der Waals surface area contributed by atoms with E-state index >= 15 is 0 Å². The maximum Gasteiger partial charge on any atom is 0.353 e. The molecule has 0 amide bonds. The molecule has 2 rings (SSSR count). The van der Waals surface area contributed by atoms with E-state index < -0.39 is 11.9 Å². The van der Waals surface area contributed by atoms with Gasteiger partial charge in [0.15, 0.2) is 0 Å². The van der Waals surface area contributed by atoms with E-state index in [1.165, 1.54) is 23.5 Å². The van der Waals surface area contributed by atoms with Crippen LogP contribution in [0.4, 0.5) is 0 Å². The third kappa shape index (κ3) is 2.77. The van der Waals surface area contributed by atoms with Gasteiger partial charge < -0.3 is 9.84 Å². The molecule has 0 aliphatic rings. The fourth-order valence-corrected chi connectivity index (χ4v) is 2.26. The molecule has 0 aliphatic carbocycles. The normalized spacial score (nSPS) is 10.1. The van der Waals surface area contributed by atoms with Gasteiger partial charge in [-0.1, -0.05) is 22.0 Å². The number of hydrogen-bond acceptors (Lipinski definition) is 4. The van der Waals surface area contributed by atoms with Crippen LogP contribution in [-0.4, -0.2) is 17.0 Å². The molecule has 6 heteroatoms. The molecule has 1 N–H and O–H groups in total. The fourth-order valence-electron chi connectivity index (χ4n) is 1.30. The first-order valence-corrected chi connectivity index (χ1v) is 6.53. The number of carbonyl (C=O) groups excluding carboxylic acids is 1. The maximum absolute atomic E-state index is 11.7. The van der Waals surface area contributed by atoms with E-state index in [0.717, 1.165) is 0 Å². The molecule has 92 valence electrons. The number of ether oxygens (including phenoxy) is 1.